The lowest BCUT2D eigenvalue weighted by Gasteiger charge is -2.29. The van der Waals surface area contributed by atoms with Crippen LogP contribution >= 0.6 is 0 Å². The third-order valence-electron chi connectivity index (χ3n) is 4.25. The van der Waals surface area contributed by atoms with Crippen LogP contribution in [-0.4, -0.2) is 50.4 Å². The van der Waals surface area contributed by atoms with Crippen LogP contribution in [0.3, 0.4) is 0 Å². The number of benzene rings is 1. The first-order chi connectivity index (χ1) is 10.6. The first kappa shape index (κ1) is 19.5. The maximum absolute atomic E-state index is 12.2. The molecule has 0 saturated carbocycles. The molecule has 1 aromatic carbocycles. The normalized spacial score (nSPS) is 14.1. The van der Waals surface area contributed by atoms with Crippen LogP contribution in [0.4, 0.5) is 0 Å². The Morgan fingerprint density at radius 1 is 1.26 bits per heavy atom. The van der Waals surface area contributed by atoms with Crippen molar-refractivity contribution in [2.75, 3.05) is 19.9 Å². The molecule has 0 saturated heterocycles. The lowest BCUT2D eigenvalue weighted by atomic mass is 10.2. The second kappa shape index (κ2) is 8.34. The van der Waals surface area contributed by atoms with Gasteiger partial charge in [-0.2, -0.15) is 0 Å². The highest BCUT2D eigenvalue weighted by atomic mass is 32.2. The van der Waals surface area contributed by atoms with Gasteiger partial charge in [0.1, 0.15) is 5.75 Å². The van der Waals surface area contributed by atoms with E-state index in [4.69, 9.17) is 4.74 Å². The Kier molecular flexibility index (Phi) is 7.06. The molecule has 0 fully saturated rings. The molecule has 1 aromatic rings. The molecule has 6 heteroatoms. The maximum Gasteiger partial charge on any atom is 0.222 e. The van der Waals surface area contributed by atoms with Gasteiger partial charge in [0.2, 0.25) is 5.91 Å². The third-order valence-corrected chi connectivity index (χ3v) is 5.99. The molecule has 0 radical (unpaired) electrons. The van der Waals surface area contributed by atoms with Crippen LogP contribution in [0, 0.1) is 6.92 Å². The van der Waals surface area contributed by atoms with Crippen molar-refractivity contribution in [3.63, 3.8) is 0 Å². The summed E-state index contributed by atoms with van der Waals surface area (Å²) < 4.78 is 28.8. The minimum atomic E-state index is -3.17. The van der Waals surface area contributed by atoms with E-state index in [0.29, 0.717) is 19.4 Å². The molecule has 0 bridgehead atoms. The van der Waals surface area contributed by atoms with Gasteiger partial charge in [-0.15, -0.1) is 0 Å². The second-order valence-electron chi connectivity index (χ2n) is 6.00. The Bertz CT molecular complexity index is 627. The lowest BCUT2D eigenvalue weighted by Crippen LogP contribution is -2.44. The van der Waals surface area contributed by atoms with Gasteiger partial charge in [-0.3, -0.25) is 4.79 Å². The van der Waals surface area contributed by atoms with E-state index >= 15 is 0 Å². The molecular formula is C17H27NO4S. The number of para-hydroxylation sites is 1. The van der Waals surface area contributed by atoms with Crippen molar-refractivity contribution in [1.82, 2.24) is 4.90 Å². The summed E-state index contributed by atoms with van der Waals surface area (Å²) in [6, 6.07) is 7.39. The topological polar surface area (TPSA) is 63.7 Å². The summed E-state index contributed by atoms with van der Waals surface area (Å²) in [5.74, 6) is 0.758. The fourth-order valence-electron chi connectivity index (χ4n) is 2.20. The van der Waals surface area contributed by atoms with Crippen molar-refractivity contribution >= 4 is 15.7 Å². The number of nitrogens with zero attached hydrogens (tertiary/aromatic N) is 1. The predicted octanol–water partition coefficient (Wildman–Crippen LogP) is 2.43. The molecule has 1 rings (SSSR count). The van der Waals surface area contributed by atoms with Crippen LogP contribution < -0.4 is 4.74 Å². The molecule has 130 valence electrons. The zero-order valence-electron chi connectivity index (χ0n) is 14.6. The molecule has 0 heterocycles. The van der Waals surface area contributed by atoms with Crippen molar-refractivity contribution in [3.8, 4) is 5.75 Å². The first-order valence-corrected chi connectivity index (χ1v) is 9.73. The van der Waals surface area contributed by atoms with Gasteiger partial charge >= 0.3 is 0 Å². The van der Waals surface area contributed by atoms with E-state index in [-0.39, 0.29) is 11.9 Å². The fraction of sp³-hybridized carbons (Fsp3) is 0.588. The molecule has 2 atom stereocenters. The highest BCUT2D eigenvalue weighted by Gasteiger charge is 2.27. The summed E-state index contributed by atoms with van der Waals surface area (Å²) in [6.07, 6.45) is 2.13. The Morgan fingerprint density at radius 3 is 2.43 bits per heavy atom. The fourth-order valence-corrected chi connectivity index (χ4v) is 3.10. The molecule has 0 spiro atoms. The van der Waals surface area contributed by atoms with Gasteiger partial charge in [0.25, 0.3) is 0 Å². The number of hydrogen-bond donors (Lipinski definition) is 0. The monoisotopic (exact) mass is 341 g/mol. The number of sulfone groups is 1. The molecular weight excluding hydrogens is 314 g/mol. The lowest BCUT2D eigenvalue weighted by molar-refractivity contribution is -0.131. The quantitative estimate of drug-likeness (QED) is 0.681. The average molecular weight is 341 g/mol. The van der Waals surface area contributed by atoms with Gasteiger partial charge < -0.3 is 9.64 Å². The SMILES string of the molecule is Cc1ccccc1OCCCC(=O)N(C)[C@H](C)[C@H](C)S(C)(=O)=O. The maximum atomic E-state index is 12.2. The highest BCUT2D eigenvalue weighted by Crippen LogP contribution is 2.17. The molecule has 0 aliphatic carbocycles. The number of rotatable bonds is 8. The highest BCUT2D eigenvalue weighted by molar-refractivity contribution is 7.91. The van der Waals surface area contributed by atoms with Crippen LogP contribution in [0.2, 0.25) is 0 Å². The largest absolute Gasteiger partial charge is 0.493 e. The van der Waals surface area contributed by atoms with E-state index in [0.717, 1.165) is 11.3 Å². The zero-order valence-corrected chi connectivity index (χ0v) is 15.4. The predicted molar refractivity (Wildman–Crippen MR) is 92.4 cm³/mol. The van der Waals surface area contributed by atoms with Gasteiger partial charge in [-0.1, -0.05) is 18.2 Å². The van der Waals surface area contributed by atoms with Crippen molar-refractivity contribution in [2.45, 2.75) is 44.9 Å². The van der Waals surface area contributed by atoms with Crippen LogP contribution in [0.5, 0.6) is 5.75 Å². The second-order valence-corrected chi connectivity index (χ2v) is 8.40. The first-order valence-electron chi connectivity index (χ1n) is 7.77. The Hall–Kier alpha value is -1.56. The van der Waals surface area contributed by atoms with Crippen LogP contribution in [0.15, 0.2) is 24.3 Å². The summed E-state index contributed by atoms with van der Waals surface area (Å²) in [5, 5.41) is -0.584. The van der Waals surface area contributed by atoms with Gasteiger partial charge in [0.05, 0.1) is 11.9 Å². The zero-order chi connectivity index (χ0) is 17.6. The third kappa shape index (κ3) is 5.86. The summed E-state index contributed by atoms with van der Waals surface area (Å²) in [7, 11) is -1.52. The van der Waals surface area contributed by atoms with Crippen LogP contribution in [0.1, 0.15) is 32.3 Å². The van der Waals surface area contributed by atoms with E-state index < -0.39 is 15.1 Å². The summed E-state index contributed by atoms with van der Waals surface area (Å²) >= 11 is 0. The molecule has 0 aliphatic heterocycles. The van der Waals surface area contributed by atoms with E-state index in [1.165, 1.54) is 11.2 Å². The average Bonchev–Trinajstić information content (AvgIpc) is 2.49. The number of amides is 1. The standard InChI is InChI=1S/C17H27NO4S/c1-13-9-6-7-10-16(13)22-12-8-11-17(19)18(4)14(2)15(3)23(5,20)21/h6-7,9-10,14-15H,8,11-12H2,1-5H3/t14-,15+/m1/s1. The minimum absolute atomic E-state index is 0.0682. The summed E-state index contributed by atoms with van der Waals surface area (Å²) in [6.45, 7) is 5.82. The molecule has 5 nitrogen and oxygen atoms in total. The van der Waals surface area contributed by atoms with Gasteiger partial charge in [-0.25, -0.2) is 8.42 Å². The van der Waals surface area contributed by atoms with E-state index in [1.807, 2.05) is 31.2 Å². The van der Waals surface area contributed by atoms with Crippen molar-refractivity contribution in [2.24, 2.45) is 0 Å². The number of carbonyl (C=O) groups excluding carboxylic acids is 1. The van der Waals surface area contributed by atoms with Gasteiger partial charge in [0.15, 0.2) is 9.84 Å². The van der Waals surface area contributed by atoms with E-state index in [9.17, 15) is 13.2 Å². The number of carbonyl (C=O) groups is 1. The molecule has 0 aliphatic rings. The van der Waals surface area contributed by atoms with Crippen LogP contribution in [0.25, 0.3) is 0 Å². The smallest absolute Gasteiger partial charge is 0.222 e. The van der Waals surface area contributed by atoms with Crippen molar-refractivity contribution < 1.29 is 17.9 Å². The molecule has 23 heavy (non-hydrogen) atoms. The number of aryl methyl sites for hydroxylation is 1. The molecule has 0 unspecified atom stereocenters. The molecule has 0 aromatic heterocycles. The van der Waals surface area contributed by atoms with Crippen molar-refractivity contribution in [1.29, 1.82) is 0 Å². The summed E-state index contributed by atoms with van der Waals surface area (Å²) in [4.78, 5) is 13.7. The Balaban J connectivity index is 2.43. The number of hydrogen-bond acceptors (Lipinski definition) is 4. The van der Waals surface area contributed by atoms with E-state index in [2.05, 4.69) is 0 Å². The van der Waals surface area contributed by atoms with Crippen LogP contribution in [-0.2, 0) is 14.6 Å². The molecule has 1 amide bonds. The Labute approximate surface area is 139 Å². The van der Waals surface area contributed by atoms with Gasteiger partial charge in [-0.05, 0) is 38.8 Å². The Morgan fingerprint density at radius 2 is 1.87 bits per heavy atom. The van der Waals surface area contributed by atoms with E-state index in [1.54, 1.807) is 20.9 Å². The minimum Gasteiger partial charge on any atom is -0.493 e. The summed E-state index contributed by atoms with van der Waals surface area (Å²) in [5.41, 5.74) is 1.06. The molecule has 0 N–H and O–H groups in total. The van der Waals surface area contributed by atoms with Gasteiger partial charge in [0, 0.05) is 25.8 Å². The van der Waals surface area contributed by atoms with Crippen molar-refractivity contribution in [3.05, 3.63) is 29.8 Å². The number of ether oxygens (including phenoxy) is 1.